The van der Waals surface area contributed by atoms with Gasteiger partial charge >= 0.3 is 10.1 Å². The molecular formula is C16H14N2O4S. The van der Waals surface area contributed by atoms with Crippen LogP contribution in [0, 0.1) is 18.3 Å². The first-order valence-corrected chi connectivity index (χ1v) is 8.00. The molecule has 2 rings (SSSR count). The average Bonchev–Trinajstić information content (AvgIpc) is 2.56. The normalized spacial score (nSPS) is 11.6. The Morgan fingerprint density at radius 3 is 2.22 bits per heavy atom. The van der Waals surface area contributed by atoms with Crippen LogP contribution >= 0.6 is 0 Å². The van der Waals surface area contributed by atoms with E-state index in [-0.39, 0.29) is 10.6 Å². The largest absolute Gasteiger partial charge is 0.497 e. The first kappa shape index (κ1) is 16.5. The lowest BCUT2D eigenvalue weighted by atomic mass is 10.1. The third kappa shape index (κ3) is 4.08. The van der Waals surface area contributed by atoms with Crippen LogP contribution < -0.4 is 4.74 Å². The fraction of sp³-hybridized carbons (Fsp3) is 0.125. The van der Waals surface area contributed by atoms with Crippen molar-refractivity contribution in [2.24, 2.45) is 5.16 Å². The van der Waals surface area contributed by atoms with Gasteiger partial charge in [-0.05, 0) is 43.3 Å². The molecule has 0 fully saturated rings. The van der Waals surface area contributed by atoms with Crippen LogP contribution in [0.1, 0.15) is 11.1 Å². The summed E-state index contributed by atoms with van der Waals surface area (Å²) in [6, 6.07) is 14.4. The van der Waals surface area contributed by atoms with E-state index in [0.717, 1.165) is 5.56 Å². The maximum absolute atomic E-state index is 12.0. The molecule has 0 spiro atoms. The van der Waals surface area contributed by atoms with Gasteiger partial charge in [-0.1, -0.05) is 22.9 Å². The molecule has 0 N–H and O–H groups in total. The number of benzene rings is 2. The van der Waals surface area contributed by atoms with E-state index in [2.05, 4.69) is 9.44 Å². The van der Waals surface area contributed by atoms with Crippen LogP contribution in [-0.4, -0.2) is 21.2 Å². The zero-order valence-electron chi connectivity index (χ0n) is 12.6. The molecule has 0 radical (unpaired) electrons. The molecule has 2 aromatic carbocycles. The summed E-state index contributed by atoms with van der Waals surface area (Å²) in [6.07, 6.45) is 0. The Kier molecular flexibility index (Phi) is 4.98. The molecule has 0 unspecified atom stereocenters. The Morgan fingerprint density at radius 2 is 1.70 bits per heavy atom. The second kappa shape index (κ2) is 6.94. The Hall–Kier alpha value is -2.85. The quantitative estimate of drug-likeness (QED) is 0.621. The fourth-order valence-electron chi connectivity index (χ4n) is 1.72. The molecule has 0 atom stereocenters. The molecule has 0 aromatic heterocycles. The summed E-state index contributed by atoms with van der Waals surface area (Å²) in [7, 11) is -2.55. The van der Waals surface area contributed by atoms with Crippen molar-refractivity contribution in [1.29, 1.82) is 5.26 Å². The summed E-state index contributed by atoms with van der Waals surface area (Å²) >= 11 is 0. The summed E-state index contributed by atoms with van der Waals surface area (Å²) in [5.74, 6) is 0.610. The maximum atomic E-state index is 12.0. The zero-order valence-corrected chi connectivity index (χ0v) is 13.4. The van der Waals surface area contributed by atoms with Crippen LogP contribution in [0.5, 0.6) is 5.75 Å². The van der Waals surface area contributed by atoms with Gasteiger partial charge in [0.1, 0.15) is 16.7 Å². The van der Waals surface area contributed by atoms with Crippen molar-refractivity contribution in [3.05, 3.63) is 59.7 Å². The number of hydrogen-bond acceptors (Lipinski definition) is 6. The Morgan fingerprint density at radius 1 is 1.09 bits per heavy atom. The van der Waals surface area contributed by atoms with E-state index in [9.17, 15) is 8.42 Å². The summed E-state index contributed by atoms with van der Waals surface area (Å²) in [5, 5.41) is 12.6. The van der Waals surface area contributed by atoms with Gasteiger partial charge in [-0.15, -0.1) is 0 Å². The van der Waals surface area contributed by atoms with Crippen molar-refractivity contribution >= 4 is 15.8 Å². The second-order valence-electron chi connectivity index (χ2n) is 4.62. The van der Waals surface area contributed by atoms with Gasteiger partial charge in [-0.25, -0.2) is 0 Å². The van der Waals surface area contributed by atoms with Crippen LogP contribution in [0.2, 0.25) is 0 Å². The van der Waals surface area contributed by atoms with Gasteiger partial charge in [0.15, 0.2) is 5.71 Å². The number of aryl methyl sites for hydroxylation is 1. The van der Waals surface area contributed by atoms with Crippen LogP contribution in [0.25, 0.3) is 0 Å². The highest BCUT2D eigenvalue weighted by atomic mass is 32.2. The van der Waals surface area contributed by atoms with E-state index >= 15 is 0 Å². The number of nitriles is 1. The smallest absolute Gasteiger partial charge is 0.358 e. The molecule has 0 saturated carbocycles. The van der Waals surface area contributed by atoms with Crippen molar-refractivity contribution in [1.82, 2.24) is 0 Å². The van der Waals surface area contributed by atoms with E-state index in [0.29, 0.717) is 11.3 Å². The van der Waals surface area contributed by atoms with E-state index in [1.807, 2.05) is 13.0 Å². The SMILES string of the molecule is COc1ccc(/C(C#N)=N/OS(=O)(=O)c2ccc(C)cc2)cc1. The summed E-state index contributed by atoms with van der Waals surface area (Å²) in [6.45, 7) is 1.84. The van der Waals surface area contributed by atoms with Gasteiger partial charge in [0.2, 0.25) is 0 Å². The first-order valence-electron chi connectivity index (χ1n) is 6.59. The van der Waals surface area contributed by atoms with E-state index in [4.69, 9.17) is 10.00 Å². The lowest BCUT2D eigenvalue weighted by Gasteiger charge is -2.03. The van der Waals surface area contributed by atoms with Gasteiger partial charge in [-0.2, -0.15) is 13.7 Å². The highest BCUT2D eigenvalue weighted by Gasteiger charge is 2.16. The average molecular weight is 330 g/mol. The first-order chi connectivity index (χ1) is 11.0. The van der Waals surface area contributed by atoms with Gasteiger partial charge in [0.25, 0.3) is 0 Å². The van der Waals surface area contributed by atoms with E-state index in [1.165, 1.54) is 19.2 Å². The predicted molar refractivity (Wildman–Crippen MR) is 84.6 cm³/mol. The lowest BCUT2D eigenvalue weighted by molar-refractivity contribution is 0.339. The van der Waals surface area contributed by atoms with Crippen molar-refractivity contribution in [2.45, 2.75) is 11.8 Å². The minimum atomic E-state index is -4.07. The van der Waals surface area contributed by atoms with E-state index in [1.54, 1.807) is 36.4 Å². The molecule has 0 saturated heterocycles. The van der Waals surface area contributed by atoms with Crippen LogP contribution in [0.4, 0.5) is 0 Å². The maximum Gasteiger partial charge on any atom is 0.358 e. The number of nitrogens with zero attached hydrogens (tertiary/aromatic N) is 2. The second-order valence-corrected chi connectivity index (χ2v) is 6.15. The monoisotopic (exact) mass is 330 g/mol. The Labute approximate surface area is 134 Å². The highest BCUT2D eigenvalue weighted by molar-refractivity contribution is 7.86. The Bertz CT molecular complexity index is 848. The van der Waals surface area contributed by atoms with Crippen LogP contribution in [-0.2, 0) is 14.4 Å². The standard InChI is InChI=1S/C16H14N2O4S/c1-12-3-9-15(10-4-12)23(19,20)22-18-16(11-17)13-5-7-14(21-2)8-6-13/h3-10H,1-2H3/b18-16+. The zero-order chi connectivity index (χ0) is 16.9. The molecule has 118 valence electrons. The van der Waals surface area contributed by atoms with Crippen molar-refractivity contribution in [2.75, 3.05) is 7.11 Å². The molecule has 23 heavy (non-hydrogen) atoms. The molecule has 0 bridgehead atoms. The van der Waals surface area contributed by atoms with Crippen molar-refractivity contribution in [3.8, 4) is 11.8 Å². The summed E-state index contributed by atoms with van der Waals surface area (Å²) in [5.41, 5.74) is 1.19. The molecule has 7 heteroatoms. The number of ether oxygens (including phenoxy) is 1. The van der Waals surface area contributed by atoms with Gasteiger partial charge < -0.3 is 4.74 Å². The number of rotatable bonds is 5. The minimum Gasteiger partial charge on any atom is -0.497 e. The van der Waals surface area contributed by atoms with Crippen molar-refractivity contribution < 1.29 is 17.4 Å². The molecule has 0 aliphatic carbocycles. The van der Waals surface area contributed by atoms with Crippen LogP contribution in [0.15, 0.2) is 58.6 Å². The molecule has 6 nitrogen and oxygen atoms in total. The molecule has 0 heterocycles. The van der Waals surface area contributed by atoms with Crippen molar-refractivity contribution in [3.63, 3.8) is 0 Å². The summed E-state index contributed by atoms with van der Waals surface area (Å²) < 4.78 is 33.7. The minimum absolute atomic E-state index is 0.0288. The summed E-state index contributed by atoms with van der Waals surface area (Å²) in [4.78, 5) is -0.0288. The molecule has 2 aromatic rings. The third-order valence-corrected chi connectivity index (χ3v) is 4.13. The fourth-order valence-corrected chi connectivity index (χ4v) is 2.45. The number of methoxy groups -OCH3 is 1. The van der Waals surface area contributed by atoms with Crippen LogP contribution in [0.3, 0.4) is 0 Å². The van der Waals surface area contributed by atoms with Gasteiger partial charge in [0.05, 0.1) is 7.11 Å². The lowest BCUT2D eigenvalue weighted by Crippen LogP contribution is -2.06. The van der Waals surface area contributed by atoms with Gasteiger partial charge in [0, 0.05) is 5.56 Å². The van der Waals surface area contributed by atoms with Gasteiger partial charge in [-0.3, -0.25) is 4.28 Å². The highest BCUT2D eigenvalue weighted by Crippen LogP contribution is 2.15. The topological polar surface area (TPSA) is 88.8 Å². The number of oxime groups is 1. The molecule has 0 amide bonds. The molecular weight excluding hydrogens is 316 g/mol. The molecule has 0 aliphatic rings. The third-order valence-electron chi connectivity index (χ3n) is 3.01. The molecule has 0 aliphatic heterocycles. The van der Waals surface area contributed by atoms with E-state index < -0.39 is 10.1 Å². The number of hydrogen-bond donors (Lipinski definition) is 0. The predicted octanol–water partition coefficient (Wildman–Crippen LogP) is 2.64. The Balaban J connectivity index is 2.24.